The first-order chi connectivity index (χ1) is 17.1. The van der Waals surface area contributed by atoms with Crippen LogP contribution in [0.4, 0.5) is 0 Å². The van der Waals surface area contributed by atoms with Crippen LogP contribution in [0.25, 0.3) is 0 Å². The molecular formula is C26H35N3O6. The number of nitrogens with one attached hydrogen (secondary N) is 1. The second-order valence-corrected chi connectivity index (χ2v) is 8.23. The minimum Gasteiger partial charge on any atom is -0.468 e. The molecule has 1 aliphatic heterocycles. The van der Waals surface area contributed by atoms with Crippen molar-refractivity contribution in [2.45, 2.75) is 12.6 Å². The van der Waals surface area contributed by atoms with Gasteiger partial charge in [-0.25, -0.2) is 0 Å². The highest BCUT2D eigenvalue weighted by Gasteiger charge is 2.30. The van der Waals surface area contributed by atoms with Gasteiger partial charge in [0.15, 0.2) is 6.79 Å². The minimum absolute atomic E-state index is 0.105. The minimum atomic E-state index is -0.533. The van der Waals surface area contributed by atoms with E-state index < -0.39 is 6.04 Å². The lowest BCUT2D eigenvalue weighted by molar-refractivity contribution is -0.147. The van der Waals surface area contributed by atoms with E-state index in [1.807, 2.05) is 18.2 Å². The summed E-state index contributed by atoms with van der Waals surface area (Å²) in [6, 6.07) is 16.6. The summed E-state index contributed by atoms with van der Waals surface area (Å²) in [6.07, 6.45) is 0. The summed E-state index contributed by atoms with van der Waals surface area (Å²) in [5.41, 5.74) is 1.75. The topological polar surface area (TPSA) is 89.6 Å². The van der Waals surface area contributed by atoms with Crippen molar-refractivity contribution in [3.8, 4) is 5.75 Å². The number of hydrogen-bond acceptors (Lipinski definition) is 8. The lowest BCUT2D eigenvalue weighted by Crippen LogP contribution is -2.56. The highest BCUT2D eigenvalue weighted by atomic mass is 16.7. The van der Waals surface area contributed by atoms with Crippen molar-refractivity contribution < 1.29 is 28.5 Å². The van der Waals surface area contributed by atoms with Gasteiger partial charge in [0.05, 0.1) is 20.3 Å². The lowest BCUT2D eigenvalue weighted by Gasteiger charge is -2.38. The van der Waals surface area contributed by atoms with Gasteiger partial charge < -0.3 is 24.3 Å². The van der Waals surface area contributed by atoms with Crippen LogP contribution in [-0.4, -0.2) is 94.7 Å². The summed E-state index contributed by atoms with van der Waals surface area (Å²) in [5, 5.41) is 2.87. The summed E-state index contributed by atoms with van der Waals surface area (Å²) in [5.74, 6) is -0.0108. The van der Waals surface area contributed by atoms with Gasteiger partial charge in [0.25, 0.3) is 5.91 Å². The van der Waals surface area contributed by atoms with Crippen LogP contribution in [0.3, 0.4) is 0 Å². The number of carbonyl (C=O) groups excluding carboxylic acids is 2. The van der Waals surface area contributed by atoms with Gasteiger partial charge in [0.2, 0.25) is 0 Å². The predicted octanol–water partition coefficient (Wildman–Crippen LogP) is 1.78. The molecule has 0 saturated carbocycles. The van der Waals surface area contributed by atoms with Crippen molar-refractivity contribution >= 4 is 11.9 Å². The van der Waals surface area contributed by atoms with Crippen molar-refractivity contribution in [1.29, 1.82) is 0 Å². The maximum atomic E-state index is 12.7. The Morgan fingerprint density at radius 1 is 0.943 bits per heavy atom. The van der Waals surface area contributed by atoms with E-state index in [-0.39, 0.29) is 25.2 Å². The van der Waals surface area contributed by atoms with E-state index in [9.17, 15) is 9.59 Å². The van der Waals surface area contributed by atoms with Crippen molar-refractivity contribution in [2.24, 2.45) is 0 Å². The Labute approximate surface area is 206 Å². The molecular weight excluding hydrogens is 450 g/mol. The molecule has 1 fully saturated rings. The first-order valence-corrected chi connectivity index (χ1v) is 11.8. The van der Waals surface area contributed by atoms with Crippen molar-refractivity contribution in [1.82, 2.24) is 15.1 Å². The molecule has 0 aromatic heterocycles. The second-order valence-electron chi connectivity index (χ2n) is 8.23. The fourth-order valence-corrected chi connectivity index (χ4v) is 3.88. The molecule has 2 aromatic carbocycles. The Hall–Kier alpha value is -2.98. The van der Waals surface area contributed by atoms with Crippen LogP contribution in [0.1, 0.15) is 15.9 Å². The molecule has 1 N–H and O–H groups in total. The summed E-state index contributed by atoms with van der Waals surface area (Å²) >= 11 is 0. The molecule has 35 heavy (non-hydrogen) atoms. The van der Waals surface area contributed by atoms with Gasteiger partial charge in [-0.1, -0.05) is 30.3 Å². The number of methoxy groups -OCH3 is 2. The van der Waals surface area contributed by atoms with E-state index in [0.29, 0.717) is 24.5 Å². The molecule has 1 amide bonds. The molecule has 1 heterocycles. The third kappa shape index (κ3) is 8.63. The van der Waals surface area contributed by atoms with Crippen LogP contribution in [0.5, 0.6) is 5.75 Å². The molecule has 9 nitrogen and oxygen atoms in total. The van der Waals surface area contributed by atoms with Crippen LogP contribution in [0, 0.1) is 0 Å². The van der Waals surface area contributed by atoms with Gasteiger partial charge in [-0.15, -0.1) is 0 Å². The van der Waals surface area contributed by atoms with Crippen LogP contribution >= 0.6 is 0 Å². The molecule has 1 aliphatic rings. The van der Waals surface area contributed by atoms with Crippen molar-refractivity contribution in [2.75, 3.05) is 67.0 Å². The summed E-state index contributed by atoms with van der Waals surface area (Å²) in [6.45, 7) is 5.23. The predicted molar refractivity (Wildman–Crippen MR) is 131 cm³/mol. The third-order valence-corrected chi connectivity index (χ3v) is 5.88. The monoisotopic (exact) mass is 485 g/mol. The number of ether oxygens (including phenoxy) is 4. The Morgan fingerprint density at radius 3 is 2.31 bits per heavy atom. The average Bonchev–Trinajstić information content (AvgIpc) is 2.90. The third-order valence-electron chi connectivity index (χ3n) is 5.88. The summed E-state index contributed by atoms with van der Waals surface area (Å²) in [7, 11) is 2.98. The summed E-state index contributed by atoms with van der Waals surface area (Å²) < 4.78 is 20.7. The van der Waals surface area contributed by atoms with Gasteiger partial charge in [0, 0.05) is 51.9 Å². The van der Waals surface area contributed by atoms with Crippen LogP contribution in [-0.2, 0) is 25.5 Å². The molecule has 0 spiro atoms. The number of nitrogens with zero attached hydrogens (tertiary/aromatic N) is 2. The normalized spacial score (nSPS) is 15.4. The summed E-state index contributed by atoms with van der Waals surface area (Å²) in [4.78, 5) is 29.6. The van der Waals surface area contributed by atoms with E-state index in [2.05, 4.69) is 27.2 Å². The quantitative estimate of drug-likeness (QED) is 0.261. The van der Waals surface area contributed by atoms with Gasteiger partial charge in [-0.05, 0) is 29.8 Å². The van der Waals surface area contributed by atoms with E-state index in [1.165, 1.54) is 12.7 Å². The van der Waals surface area contributed by atoms with Crippen molar-refractivity contribution in [3.63, 3.8) is 0 Å². The van der Waals surface area contributed by atoms with E-state index in [0.717, 1.165) is 32.7 Å². The standard InChI is InChI=1S/C26H35N3O6/c1-32-16-17-34-20-35-23-10-8-22(9-11-23)25(30)27-18-24(26(31)33-2)29-14-12-28(13-15-29)19-21-6-4-3-5-7-21/h3-11,24H,12-20H2,1-2H3,(H,27,30)/t24-/m0/s1. The maximum absolute atomic E-state index is 12.7. The second kappa shape index (κ2) is 14.4. The van der Waals surface area contributed by atoms with Crippen molar-refractivity contribution in [3.05, 3.63) is 65.7 Å². The number of esters is 1. The molecule has 2 aromatic rings. The van der Waals surface area contributed by atoms with E-state index in [4.69, 9.17) is 18.9 Å². The van der Waals surface area contributed by atoms with Crippen LogP contribution in [0.2, 0.25) is 0 Å². The molecule has 3 rings (SSSR count). The molecule has 190 valence electrons. The zero-order valence-corrected chi connectivity index (χ0v) is 20.5. The first-order valence-electron chi connectivity index (χ1n) is 11.8. The molecule has 0 bridgehead atoms. The zero-order chi connectivity index (χ0) is 24.9. The van der Waals surface area contributed by atoms with Gasteiger partial charge in [0.1, 0.15) is 11.8 Å². The smallest absolute Gasteiger partial charge is 0.324 e. The molecule has 0 unspecified atom stereocenters. The lowest BCUT2D eigenvalue weighted by atomic mass is 10.1. The average molecular weight is 486 g/mol. The molecule has 0 aliphatic carbocycles. The Bertz CT molecular complexity index is 901. The Balaban J connectivity index is 1.46. The fourth-order valence-electron chi connectivity index (χ4n) is 3.88. The molecule has 1 atom stereocenters. The van der Waals surface area contributed by atoms with Crippen LogP contribution < -0.4 is 10.1 Å². The number of benzene rings is 2. The highest BCUT2D eigenvalue weighted by molar-refractivity contribution is 5.94. The Morgan fingerprint density at radius 2 is 1.66 bits per heavy atom. The molecule has 0 radical (unpaired) electrons. The van der Waals surface area contributed by atoms with Gasteiger partial charge >= 0.3 is 5.97 Å². The number of piperazine rings is 1. The van der Waals surface area contributed by atoms with E-state index >= 15 is 0 Å². The number of rotatable bonds is 13. The number of hydrogen-bond donors (Lipinski definition) is 1. The molecule has 9 heteroatoms. The van der Waals surface area contributed by atoms with Gasteiger partial charge in [-0.2, -0.15) is 0 Å². The maximum Gasteiger partial charge on any atom is 0.324 e. The SMILES string of the molecule is COCCOCOc1ccc(C(=O)NC[C@@H](C(=O)OC)N2CCN(Cc3ccccc3)CC2)cc1. The van der Waals surface area contributed by atoms with E-state index in [1.54, 1.807) is 31.4 Å². The number of amides is 1. The largest absolute Gasteiger partial charge is 0.468 e. The molecule has 1 saturated heterocycles. The van der Waals surface area contributed by atoms with Crippen LogP contribution in [0.15, 0.2) is 54.6 Å². The zero-order valence-electron chi connectivity index (χ0n) is 20.5. The fraction of sp³-hybridized carbons (Fsp3) is 0.462. The number of carbonyl (C=O) groups is 2. The highest BCUT2D eigenvalue weighted by Crippen LogP contribution is 2.14. The first kappa shape index (κ1) is 26.6. The van der Waals surface area contributed by atoms with Gasteiger partial charge in [-0.3, -0.25) is 19.4 Å². The Kier molecular flexibility index (Phi) is 11.0.